The van der Waals surface area contributed by atoms with E-state index in [9.17, 15) is 38.4 Å². The Morgan fingerprint density at radius 3 is 1.20 bits per heavy atom. The Labute approximate surface area is 299 Å². The van der Waals surface area contributed by atoms with Crippen LogP contribution in [-0.2, 0) is 90.5 Å². The summed E-state index contributed by atoms with van der Waals surface area (Å²) in [7, 11) is 0. The molecular formula is C28H35Cl3O19. The zero-order valence-electron chi connectivity index (χ0n) is 27.6. The average molecular weight is 782 g/mol. The minimum absolute atomic E-state index is 0.631. The van der Waals surface area contributed by atoms with Gasteiger partial charge in [0.25, 0.3) is 3.79 Å². The average Bonchev–Trinajstić information content (AvgIpc) is 2.95. The molecule has 0 radical (unpaired) electrons. The molecule has 282 valence electrons. The van der Waals surface area contributed by atoms with E-state index in [0.29, 0.717) is 0 Å². The van der Waals surface area contributed by atoms with Crippen molar-refractivity contribution >= 4 is 82.6 Å². The zero-order valence-corrected chi connectivity index (χ0v) is 29.8. The molecule has 2 rings (SSSR count). The van der Waals surface area contributed by atoms with Crippen LogP contribution in [0.1, 0.15) is 48.5 Å². The summed E-state index contributed by atoms with van der Waals surface area (Å²) < 4.78 is 57.4. The number of rotatable bonds is 12. The summed E-state index contributed by atoms with van der Waals surface area (Å²) >= 11 is 16.9. The first-order valence-corrected chi connectivity index (χ1v) is 15.6. The molecule has 2 saturated heterocycles. The molecule has 0 spiro atoms. The van der Waals surface area contributed by atoms with Crippen LogP contribution in [0.2, 0.25) is 0 Å². The molecule has 2 aliphatic heterocycles. The largest absolute Gasteiger partial charge is 0.463 e. The smallest absolute Gasteiger partial charge is 0.360 e. The van der Waals surface area contributed by atoms with Gasteiger partial charge >= 0.3 is 47.8 Å². The molecule has 0 saturated carbocycles. The predicted octanol–water partition coefficient (Wildman–Crippen LogP) is 0.520. The van der Waals surface area contributed by atoms with Crippen molar-refractivity contribution in [2.24, 2.45) is 0 Å². The molecule has 22 heteroatoms. The van der Waals surface area contributed by atoms with Crippen LogP contribution < -0.4 is 0 Å². The highest BCUT2D eigenvalue weighted by atomic mass is 35.6. The summed E-state index contributed by atoms with van der Waals surface area (Å²) in [6.45, 7) is 5.62. The molecule has 10 atom stereocenters. The van der Waals surface area contributed by atoms with Gasteiger partial charge in [0.1, 0.15) is 31.5 Å². The monoisotopic (exact) mass is 780 g/mol. The molecule has 0 unspecified atom stereocenters. The van der Waals surface area contributed by atoms with Gasteiger partial charge in [-0.1, -0.05) is 34.8 Å². The summed E-state index contributed by atoms with van der Waals surface area (Å²) in [5.41, 5.74) is 0. The second-order valence-electron chi connectivity index (χ2n) is 10.6. The minimum atomic E-state index is -2.67. The molecule has 50 heavy (non-hydrogen) atoms. The number of halogens is 3. The van der Waals surface area contributed by atoms with Gasteiger partial charge < -0.3 is 52.1 Å². The van der Waals surface area contributed by atoms with E-state index in [1.165, 1.54) is 0 Å². The molecule has 0 aromatic carbocycles. The number of alkyl halides is 3. The van der Waals surface area contributed by atoms with Crippen molar-refractivity contribution in [2.75, 3.05) is 13.2 Å². The molecule has 2 heterocycles. The maximum atomic E-state index is 12.5. The van der Waals surface area contributed by atoms with Crippen LogP contribution in [-0.4, -0.2) is 126 Å². The van der Waals surface area contributed by atoms with Crippen LogP contribution in [0.25, 0.3) is 0 Å². The number of ether oxygens (including phenoxy) is 11. The molecule has 0 N–H and O–H groups in total. The van der Waals surface area contributed by atoms with Gasteiger partial charge in [0.05, 0.1) is 0 Å². The topological polar surface area (TPSA) is 238 Å². The van der Waals surface area contributed by atoms with Crippen molar-refractivity contribution in [2.45, 2.75) is 114 Å². The summed E-state index contributed by atoms with van der Waals surface area (Å²) in [5.74, 6) is -8.02. The fourth-order valence-corrected chi connectivity index (χ4v) is 4.87. The lowest BCUT2D eigenvalue weighted by atomic mass is 9.96. The second kappa shape index (κ2) is 18.7. The standard InChI is InChI=1S/C28H35Cl3O19/c1-10(32)40-8-17-19(42-12(3)34)21(43-13(4)35)23(45-15(6)37)25(47-17)49-20-18(9-41-11(2)33)48-26(50-27(39)28(29,30)31)24(46-16(7)38)22(20)44-14(5)36/h17-26H,8-9H2,1-7H3/t17-,18-,19+,20-,21+,22+,23-,24-,25+,26-/m1/s1. The quantitative estimate of drug-likeness (QED) is 0.149. The fraction of sp³-hybridized carbons (Fsp3) is 0.714. The van der Waals surface area contributed by atoms with Crippen molar-refractivity contribution in [1.82, 2.24) is 0 Å². The third-order valence-corrected chi connectivity index (χ3v) is 6.80. The molecule has 2 fully saturated rings. The maximum absolute atomic E-state index is 12.5. The zero-order chi connectivity index (χ0) is 38.1. The summed E-state index contributed by atoms with van der Waals surface area (Å²) in [6, 6.07) is 0. The highest BCUT2D eigenvalue weighted by Crippen LogP contribution is 2.37. The Bertz CT molecular complexity index is 1300. The van der Waals surface area contributed by atoms with Crippen molar-refractivity contribution in [3.05, 3.63) is 0 Å². The maximum Gasteiger partial charge on any atom is 0.360 e. The third kappa shape index (κ3) is 13.0. The van der Waals surface area contributed by atoms with E-state index in [1.54, 1.807) is 0 Å². The van der Waals surface area contributed by atoms with Crippen molar-refractivity contribution in [3.8, 4) is 0 Å². The Morgan fingerprint density at radius 1 is 0.460 bits per heavy atom. The first kappa shape index (κ1) is 42.7. The molecule has 0 bridgehead atoms. The van der Waals surface area contributed by atoms with Crippen LogP contribution >= 0.6 is 34.8 Å². The van der Waals surface area contributed by atoms with E-state index in [4.69, 9.17) is 86.9 Å². The lowest BCUT2D eigenvalue weighted by Gasteiger charge is -2.48. The molecule has 0 amide bonds. The van der Waals surface area contributed by atoms with Crippen molar-refractivity contribution < 1.29 is 90.5 Å². The van der Waals surface area contributed by atoms with Crippen LogP contribution in [0.4, 0.5) is 0 Å². The number of esters is 8. The van der Waals surface area contributed by atoms with Crippen molar-refractivity contribution in [3.63, 3.8) is 0 Å². The van der Waals surface area contributed by atoms with E-state index >= 15 is 0 Å². The highest BCUT2D eigenvalue weighted by Gasteiger charge is 2.58. The first-order valence-electron chi connectivity index (χ1n) is 14.5. The SMILES string of the molecule is CC(=O)OC[C@H]1O[C@@H](O[C@H]2[C@H](OC(C)=O)[C@@H](OC(C)=O)[C@@H](OC(=O)C(Cl)(Cl)Cl)O[C@@H]2COC(C)=O)[C@H](OC(C)=O)[C@@H](OC(C)=O)[C@H]1OC(C)=O. The molecule has 0 aromatic heterocycles. The second-order valence-corrected chi connectivity index (χ2v) is 12.8. The Morgan fingerprint density at radius 2 is 0.800 bits per heavy atom. The van der Waals surface area contributed by atoms with Gasteiger partial charge in [-0.05, 0) is 0 Å². The van der Waals surface area contributed by atoms with Gasteiger partial charge in [-0.15, -0.1) is 0 Å². The Hall–Kier alpha value is -3.49. The first-order chi connectivity index (χ1) is 23.1. The molecule has 0 aromatic rings. The number of carbonyl (C=O) groups excluding carboxylic acids is 8. The number of carbonyl (C=O) groups is 8. The molecule has 19 nitrogen and oxygen atoms in total. The number of hydrogen-bond acceptors (Lipinski definition) is 19. The van der Waals surface area contributed by atoms with E-state index in [2.05, 4.69) is 0 Å². The van der Waals surface area contributed by atoms with E-state index in [-0.39, 0.29) is 0 Å². The van der Waals surface area contributed by atoms with E-state index < -0.39 is 126 Å². The fourth-order valence-electron chi connectivity index (χ4n) is 4.74. The van der Waals surface area contributed by atoms with Gasteiger partial charge in [-0.2, -0.15) is 0 Å². The van der Waals surface area contributed by atoms with Gasteiger partial charge in [-0.3, -0.25) is 33.6 Å². The summed E-state index contributed by atoms with van der Waals surface area (Å²) in [5, 5.41) is 0. The van der Waals surface area contributed by atoms with Crippen LogP contribution in [0.3, 0.4) is 0 Å². The van der Waals surface area contributed by atoms with E-state index in [0.717, 1.165) is 48.5 Å². The highest BCUT2D eigenvalue weighted by molar-refractivity contribution is 6.75. The van der Waals surface area contributed by atoms with Crippen LogP contribution in [0, 0.1) is 0 Å². The lowest BCUT2D eigenvalue weighted by molar-refractivity contribution is -0.357. The molecule has 2 aliphatic rings. The summed E-state index contributed by atoms with van der Waals surface area (Å²) in [4.78, 5) is 97.4. The predicted molar refractivity (Wildman–Crippen MR) is 160 cm³/mol. The molecular weight excluding hydrogens is 747 g/mol. The van der Waals surface area contributed by atoms with Gasteiger partial charge in [0.15, 0.2) is 30.7 Å². The summed E-state index contributed by atoms with van der Waals surface area (Å²) in [6.07, 6.45) is -17.5. The lowest BCUT2D eigenvalue weighted by Crippen LogP contribution is -2.67. The van der Waals surface area contributed by atoms with Gasteiger partial charge in [-0.25, -0.2) is 4.79 Å². The molecule has 0 aliphatic carbocycles. The van der Waals surface area contributed by atoms with Crippen LogP contribution in [0.5, 0.6) is 0 Å². The van der Waals surface area contributed by atoms with Gasteiger partial charge in [0.2, 0.25) is 12.4 Å². The van der Waals surface area contributed by atoms with Crippen molar-refractivity contribution in [1.29, 1.82) is 0 Å². The Balaban J connectivity index is 2.77. The minimum Gasteiger partial charge on any atom is -0.463 e. The number of hydrogen-bond donors (Lipinski definition) is 0. The normalized spacial score (nSPS) is 29.3. The third-order valence-electron chi connectivity index (χ3n) is 6.34. The van der Waals surface area contributed by atoms with E-state index in [1.807, 2.05) is 0 Å². The van der Waals surface area contributed by atoms with Gasteiger partial charge in [0, 0.05) is 48.5 Å². The van der Waals surface area contributed by atoms with Crippen LogP contribution in [0.15, 0.2) is 0 Å². The Kier molecular flexibility index (Phi) is 15.9.